The predicted molar refractivity (Wildman–Crippen MR) is 114 cm³/mol. The first-order chi connectivity index (χ1) is 14.1. The fourth-order valence-corrected chi connectivity index (χ4v) is 3.01. The third-order valence-corrected chi connectivity index (χ3v) is 4.71. The average molecular weight is 398 g/mol. The lowest BCUT2D eigenvalue weighted by Crippen LogP contribution is -2.30. The van der Waals surface area contributed by atoms with Gasteiger partial charge in [0.25, 0.3) is 0 Å². The topological polar surface area (TPSA) is 55.8 Å². The van der Waals surface area contributed by atoms with Gasteiger partial charge in [-0.15, -0.1) is 5.06 Å². The van der Waals surface area contributed by atoms with Crippen LogP contribution < -0.4 is 4.84 Å². The number of hydroxylamine groups is 2. The van der Waals surface area contributed by atoms with Gasteiger partial charge in [-0.1, -0.05) is 50.1 Å². The molecule has 5 nitrogen and oxygen atoms in total. The maximum absolute atomic E-state index is 13.3. The van der Waals surface area contributed by atoms with Crippen LogP contribution in [0.2, 0.25) is 0 Å². The summed E-state index contributed by atoms with van der Waals surface area (Å²) in [5, 5.41) is 1.77. The van der Waals surface area contributed by atoms with Gasteiger partial charge < -0.3 is 9.57 Å². The Morgan fingerprint density at radius 3 is 2.21 bits per heavy atom. The third-order valence-electron chi connectivity index (χ3n) is 4.71. The molecule has 0 aliphatic carbocycles. The average Bonchev–Trinajstić information content (AvgIpc) is 2.77. The number of esters is 1. The Kier molecular flexibility index (Phi) is 9.38. The fraction of sp³-hybridized carbons (Fsp3) is 0.417. The van der Waals surface area contributed by atoms with Crippen LogP contribution in [0.1, 0.15) is 67.2 Å². The molecule has 0 N–H and O–H groups in total. The van der Waals surface area contributed by atoms with Crippen molar-refractivity contribution in [3.8, 4) is 5.75 Å². The van der Waals surface area contributed by atoms with Gasteiger partial charge in [0, 0.05) is 13.1 Å². The molecule has 0 radical (unpaired) electrons. The van der Waals surface area contributed by atoms with Gasteiger partial charge in [-0.3, -0.25) is 4.79 Å². The monoisotopic (exact) mass is 397 g/mol. The van der Waals surface area contributed by atoms with Crippen molar-refractivity contribution in [3.63, 3.8) is 0 Å². The van der Waals surface area contributed by atoms with E-state index in [4.69, 9.17) is 9.57 Å². The summed E-state index contributed by atoms with van der Waals surface area (Å²) >= 11 is 0. The smallest absolute Gasteiger partial charge is 0.338 e. The highest BCUT2D eigenvalue weighted by Crippen LogP contribution is 2.24. The minimum atomic E-state index is -0.837. The summed E-state index contributed by atoms with van der Waals surface area (Å²) in [4.78, 5) is 31.8. The molecule has 1 atom stereocenters. The van der Waals surface area contributed by atoms with E-state index < -0.39 is 12.1 Å². The van der Waals surface area contributed by atoms with Crippen LogP contribution in [0.5, 0.6) is 5.75 Å². The molecule has 0 bridgehead atoms. The van der Waals surface area contributed by atoms with Gasteiger partial charge in [0.1, 0.15) is 0 Å². The SMILES string of the molecule is CCCCCC(OC(=O)c1ccccc1)C(=O)c1ccccc1ON(CC)CC. The normalized spacial score (nSPS) is 11.9. The number of rotatable bonds is 12. The maximum Gasteiger partial charge on any atom is 0.338 e. The van der Waals surface area contributed by atoms with Crippen LogP contribution in [0.15, 0.2) is 54.6 Å². The molecule has 2 aromatic rings. The Hall–Kier alpha value is -2.66. The Morgan fingerprint density at radius 1 is 0.897 bits per heavy atom. The number of unbranched alkanes of at least 4 members (excludes halogenated alkanes) is 2. The second-order valence-corrected chi connectivity index (χ2v) is 6.82. The molecule has 0 aromatic heterocycles. The molecule has 5 heteroatoms. The summed E-state index contributed by atoms with van der Waals surface area (Å²) in [5.41, 5.74) is 0.871. The molecular weight excluding hydrogens is 366 g/mol. The van der Waals surface area contributed by atoms with Crippen LogP contribution in [-0.4, -0.2) is 36.0 Å². The number of carbonyl (C=O) groups excluding carboxylic acids is 2. The zero-order chi connectivity index (χ0) is 21.1. The van der Waals surface area contributed by atoms with Gasteiger partial charge in [-0.05, 0) is 51.0 Å². The Bertz CT molecular complexity index is 771. The highest BCUT2D eigenvalue weighted by Gasteiger charge is 2.27. The van der Waals surface area contributed by atoms with Crippen LogP contribution in [0, 0.1) is 0 Å². The summed E-state index contributed by atoms with van der Waals surface area (Å²) in [6, 6.07) is 15.9. The van der Waals surface area contributed by atoms with Gasteiger partial charge in [0.15, 0.2) is 11.9 Å². The first-order valence-corrected chi connectivity index (χ1v) is 10.4. The molecule has 0 saturated heterocycles. The van der Waals surface area contributed by atoms with Crippen molar-refractivity contribution >= 4 is 11.8 Å². The molecule has 0 aliphatic heterocycles. The highest BCUT2D eigenvalue weighted by atomic mass is 16.7. The van der Waals surface area contributed by atoms with Crippen molar-refractivity contribution < 1.29 is 19.2 Å². The molecule has 0 amide bonds. The van der Waals surface area contributed by atoms with Crippen molar-refractivity contribution in [1.82, 2.24) is 5.06 Å². The Balaban J connectivity index is 2.24. The van der Waals surface area contributed by atoms with Crippen molar-refractivity contribution in [2.24, 2.45) is 0 Å². The van der Waals surface area contributed by atoms with Gasteiger partial charge in [0.05, 0.1) is 11.1 Å². The van der Waals surface area contributed by atoms with E-state index in [2.05, 4.69) is 6.92 Å². The molecule has 0 aliphatic rings. The molecule has 2 rings (SSSR count). The fourth-order valence-electron chi connectivity index (χ4n) is 3.01. The number of para-hydroxylation sites is 1. The molecule has 0 saturated carbocycles. The van der Waals surface area contributed by atoms with Crippen molar-refractivity contribution in [2.75, 3.05) is 13.1 Å². The number of ether oxygens (including phenoxy) is 1. The van der Waals surface area contributed by atoms with E-state index in [9.17, 15) is 9.59 Å². The number of ketones is 1. The molecule has 0 fully saturated rings. The first-order valence-electron chi connectivity index (χ1n) is 10.4. The number of hydrogen-bond donors (Lipinski definition) is 0. The van der Waals surface area contributed by atoms with Crippen LogP contribution in [0.3, 0.4) is 0 Å². The molecule has 0 spiro atoms. The van der Waals surface area contributed by atoms with Crippen LogP contribution in [0.4, 0.5) is 0 Å². The number of carbonyl (C=O) groups is 2. The number of benzene rings is 2. The van der Waals surface area contributed by atoms with E-state index >= 15 is 0 Å². The quantitative estimate of drug-likeness (QED) is 0.210. The second-order valence-electron chi connectivity index (χ2n) is 6.82. The van der Waals surface area contributed by atoms with Crippen LogP contribution in [-0.2, 0) is 4.74 Å². The Morgan fingerprint density at radius 2 is 1.55 bits per heavy atom. The van der Waals surface area contributed by atoms with E-state index in [1.807, 2.05) is 26.0 Å². The standard InChI is InChI=1S/C24H31NO4/c1-4-7-9-18-22(28-24(27)19-14-10-8-11-15-19)23(26)20-16-12-13-17-21(20)29-25(5-2)6-3/h8,10-17,22H,4-7,9,18H2,1-3H3. The minimum absolute atomic E-state index is 0.229. The number of nitrogens with zero attached hydrogens (tertiary/aromatic N) is 1. The lowest BCUT2D eigenvalue weighted by atomic mass is 10.00. The summed E-state index contributed by atoms with van der Waals surface area (Å²) in [6.07, 6.45) is 2.47. The zero-order valence-corrected chi connectivity index (χ0v) is 17.6. The highest BCUT2D eigenvalue weighted by molar-refractivity contribution is 6.03. The predicted octanol–water partition coefficient (Wildman–Crippen LogP) is 5.31. The van der Waals surface area contributed by atoms with E-state index in [1.165, 1.54) is 0 Å². The zero-order valence-electron chi connectivity index (χ0n) is 17.6. The van der Waals surface area contributed by atoms with Crippen LogP contribution in [0.25, 0.3) is 0 Å². The maximum atomic E-state index is 13.3. The molecule has 156 valence electrons. The van der Waals surface area contributed by atoms with E-state index in [0.717, 1.165) is 19.3 Å². The summed E-state index contributed by atoms with van der Waals surface area (Å²) in [6.45, 7) is 7.47. The first kappa shape index (κ1) is 22.6. The van der Waals surface area contributed by atoms with Gasteiger partial charge in [-0.25, -0.2) is 4.79 Å². The van der Waals surface area contributed by atoms with E-state index in [1.54, 1.807) is 47.5 Å². The Labute approximate surface area is 173 Å². The lowest BCUT2D eigenvalue weighted by Gasteiger charge is -2.22. The largest absolute Gasteiger partial charge is 0.450 e. The van der Waals surface area contributed by atoms with E-state index in [0.29, 0.717) is 36.4 Å². The summed E-state index contributed by atoms with van der Waals surface area (Å²) in [7, 11) is 0. The van der Waals surface area contributed by atoms with Gasteiger partial charge in [0.2, 0.25) is 5.78 Å². The molecule has 29 heavy (non-hydrogen) atoms. The second kappa shape index (κ2) is 12.0. The molecule has 1 unspecified atom stereocenters. The van der Waals surface area contributed by atoms with Crippen LogP contribution >= 0.6 is 0 Å². The minimum Gasteiger partial charge on any atom is -0.450 e. The molecule has 0 heterocycles. The molecular formula is C24H31NO4. The van der Waals surface area contributed by atoms with Crippen molar-refractivity contribution in [2.45, 2.75) is 52.6 Å². The van der Waals surface area contributed by atoms with Gasteiger partial charge in [-0.2, -0.15) is 0 Å². The van der Waals surface area contributed by atoms with E-state index in [-0.39, 0.29) is 5.78 Å². The summed E-state index contributed by atoms with van der Waals surface area (Å²) < 4.78 is 5.65. The van der Waals surface area contributed by atoms with Crippen molar-refractivity contribution in [1.29, 1.82) is 0 Å². The van der Waals surface area contributed by atoms with Crippen molar-refractivity contribution in [3.05, 3.63) is 65.7 Å². The molecule has 2 aromatic carbocycles. The summed E-state index contributed by atoms with van der Waals surface area (Å²) in [5.74, 6) is -0.229. The van der Waals surface area contributed by atoms with Gasteiger partial charge >= 0.3 is 5.97 Å². The number of hydrogen-bond acceptors (Lipinski definition) is 5. The number of Topliss-reactive ketones (excluding diaryl/α,β-unsaturated/α-hetero) is 1. The third kappa shape index (κ3) is 6.71. The lowest BCUT2D eigenvalue weighted by molar-refractivity contribution is -0.0494.